The van der Waals surface area contributed by atoms with Gasteiger partial charge in [-0.3, -0.25) is 4.79 Å². The largest absolute Gasteiger partial charge is 0.472 e. The molecule has 23 heavy (non-hydrogen) atoms. The molecule has 122 valence electrons. The lowest BCUT2D eigenvalue weighted by molar-refractivity contribution is 0.0571. The third-order valence-corrected chi connectivity index (χ3v) is 4.53. The van der Waals surface area contributed by atoms with Crippen LogP contribution < -0.4 is 0 Å². The van der Waals surface area contributed by atoms with Crippen molar-refractivity contribution in [3.63, 3.8) is 0 Å². The summed E-state index contributed by atoms with van der Waals surface area (Å²) in [6.45, 7) is 3.58. The topological polar surface area (TPSA) is 60.5 Å². The van der Waals surface area contributed by atoms with Gasteiger partial charge in [-0.05, 0) is 24.8 Å². The van der Waals surface area contributed by atoms with E-state index >= 15 is 0 Å². The summed E-state index contributed by atoms with van der Waals surface area (Å²) in [6, 6.07) is 1.71. The van der Waals surface area contributed by atoms with Gasteiger partial charge in [0.05, 0.1) is 25.0 Å². The summed E-state index contributed by atoms with van der Waals surface area (Å²) in [4.78, 5) is 18.9. The summed E-state index contributed by atoms with van der Waals surface area (Å²) in [7, 11) is 0. The number of aromatic nitrogens is 2. The molecule has 1 aliphatic heterocycles. The van der Waals surface area contributed by atoms with Crippen molar-refractivity contribution in [2.75, 3.05) is 19.8 Å². The van der Waals surface area contributed by atoms with Crippen molar-refractivity contribution in [2.45, 2.75) is 25.9 Å². The van der Waals surface area contributed by atoms with E-state index in [1.807, 2.05) is 11.1 Å². The van der Waals surface area contributed by atoms with E-state index in [1.54, 1.807) is 12.3 Å². The maximum atomic E-state index is 12.7. The van der Waals surface area contributed by atoms with E-state index in [2.05, 4.69) is 9.55 Å². The van der Waals surface area contributed by atoms with E-state index in [1.165, 1.54) is 25.4 Å². The molecule has 2 aromatic heterocycles. The molecule has 1 saturated carbocycles. The van der Waals surface area contributed by atoms with Crippen LogP contribution in [0.1, 0.15) is 29.0 Å². The highest BCUT2D eigenvalue weighted by molar-refractivity contribution is 5.93. The fourth-order valence-electron chi connectivity index (χ4n) is 3.06. The van der Waals surface area contributed by atoms with Crippen molar-refractivity contribution in [2.24, 2.45) is 11.8 Å². The van der Waals surface area contributed by atoms with Gasteiger partial charge in [0.25, 0.3) is 5.91 Å². The van der Waals surface area contributed by atoms with E-state index < -0.39 is 0 Å². The minimum atomic E-state index is -0.0117. The molecule has 0 bridgehead atoms. The molecule has 6 heteroatoms. The molecule has 6 nitrogen and oxygen atoms in total. The van der Waals surface area contributed by atoms with Gasteiger partial charge < -0.3 is 18.6 Å². The number of imidazole rings is 1. The molecule has 0 spiro atoms. The van der Waals surface area contributed by atoms with Crippen LogP contribution in [0.15, 0.2) is 35.4 Å². The van der Waals surface area contributed by atoms with Gasteiger partial charge in [0, 0.05) is 38.0 Å². The second-order valence-corrected chi connectivity index (χ2v) is 6.54. The van der Waals surface area contributed by atoms with Crippen LogP contribution in [0.25, 0.3) is 0 Å². The fourth-order valence-corrected chi connectivity index (χ4v) is 3.06. The van der Waals surface area contributed by atoms with Gasteiger partial charge in [0.2, 0.25) is 0 Å². The lowest BCUT2D eigenvalue weighted by atomic mass is 10.1. The first-order valence-electron chi connectivity index (χ1n) is 8.19. The van der Waals surface area contributed by atoms with E-state index in [0.29, 0.717) is 25.3 Å². The average molecular weight is 315 g/mol. The molecule has 2 aliphatic rings. The van der Waals surface area contributed by atoms with E-state index in [0.717, 1.165) is 24.9 Å². The Labute approximate surface area is 135 Å². The average Bonchev–Trinajstić information content (AvgIpc) is 3.07. The Morgan fingerprint density at radius 1 is 1.30 bits per heavy atom. The number of hydrogen-bond acceptors (Lipinski definition) is 4. The summed E-state index contributed by atoms with van der Waals surface area (Å²) in [5, 5.41) is 0. The molecule has 0 saturated heterocycles. The lowest BCUT2D eigenvalue weighted by Gasteiger charge is -2.23. The van der Waals surface area contributed by atoms with Crippen molar-refractivity contribution >= 4 is 5.91 Å². The smallest absolute Gasteiger partial charge is 0.257 e. The number of ether oxygens (including phenoxy) is 1. The summed E-state index contributed by atoms with van der Waals surface area (Å²) >= 11 is 0. The summed E-state index contributed by atoms with van der Waals surface area (Å²) in [5.74, 6) is 1.95. The van der Waals surface area contributed by atoms with Crippen molar-refractivity contribution in [3.8, 4) is 0 Å². The summed E-state index contributed by atoms with van der Waals surface area (Å²) < 4.78 is 13.0. The second-order valence-electron chi connectivity index (χ2n) is 6.54. The SMILES string of the molecule is O=C(c1ccoc1)N1Cc2nccn2C[C@H](COCC2CC2)C1. The van der Waals surface area contributed by atoms with Gasteiger partial charge in [0.1, 0.15) is 12.1 Å². The quantitative estimate of drug-likeness (QED) is 0.848. The summed E-state index contributed by atoms with van der Waals surface area (Å²) in [5.41, 5.74) is 0.586. The Morgan fingerprint density at radius 3 is 2.96 bits per heavy atom. The van der Waals surface area contributed by atoms with Gasteiger partial charge in [-0.2, -0.15) is 0 Å². The Bertz CT molecular complexity index is 660. The third-order valence-electron chi connectivity index (χ3n) is 4.53. The highest BCUT2D eigenvalue weighted by atomic mass is 16.5. The van der Waals surface area contributed by atoms with Crippen LogP contribution in [0.4, 0.5) is 0 Å². The highest BCUT2D eigenvalue weighted by Gasteiger charge is 2.28. The highest BCUT2D eigenvalue weighted by Crippen LogP contribution is 2.29. The van der Waals surface area contributed by atoms with Gasteiger partial charge in [0.15, 0.2) is 0 Å². The monoisotopic (exact) mass is 315 g/mol. The predicted octanol–water partition coefficient (Wildman–Crippen LogP) is 2.17. The molecule has 0 aromatic carbocycles. The number of hydrogen-bond donors (Lipinski definition) is 0. The van der Waals surface area contributed by atoms with E-state index in [4.69, 9.17) is 9.15 Å². The number of carbonyl (C=O) groups excluding carboxylic acids is 1. The fraction of sp³-hybridized carbons (Fsp3) is 0.529. The van der Waals surface area contributed by atoms with Gasteiger partial charge in [-0.15, -0.1) is 0 Å². The molecular formula is C17H21N3O3. The molecule has 2 aromatic rings. The number of nitrogens with zero attached hydrogens (tertiary/aromatic N) is 3. The van der Waals surface area contributed by atoms with Crippen LogP contribution in [-0.2, 0) is 17.8 Å². The molecule has 1 fully saturated rings. The first-order valence-corrected chi connectivity index (χ1v) is 8.19. The Morgan fingerprint density at radius 2 is 2.17 bits per heavy atom. The van der Waals surface area contributed by atoms with Crippen LogP contribution in [0.2, 0.25) is 0 Å². The summed E-state index contributed by atoms with van der Waals surface area (Å²) in [6.07, 6.45) is 9.39. The number of carbonyl (C=O) groups is 1. The molecule has 0 radical (unpaired) electrons. The van der Waals surface area contributed by atoms with E-state index in [9.17, 15) is 4.79 Å². The van der Waals surface area contributed by atoms with E-state index in [-0.39, 0.29) is 11.8 Å². The van der Waals surface area contributed by atoms with Crippen molar-refractivity contribution in [3.05, 3.63) is 42.4 Å². The Balaban J connectivity index is 1.48. The first-order chi connectivity index (χ1) is 11.3. The molecule has 0 unspecified atom stereocenters. The molecule has 1 atom stereocenters. The number of furan rings is 1. The molecule has 1 amide bonds. The number of amides is 1. The number of rotatable bonds is 5. The Hall–Kier alpha value is -2.08. The molecule has 4 rings (SSSR count). The minimum Gasteiger partial charge on any atom is -0.472 e. The predicted molar refractivity (Wildman–Crippen MR) is 82.7 cm³/mol. The second kappa shape index (κ2) is 6.20. The standard InChI is InChI=1S/C17H21N3O3/c21-17(15-3-6-22-12-15)20-8-14(11-23-10-13-1-2-13)7-19-5-4-18-16(19)9-20/h3-6,12-14H,1-2,7-11H2/t14-/m0/s1. The van der Waals surface area contributed by atoms with Crippen LogP contribution in [-0.4, -0.2) is 40.1 Å². The van der Waals surface area contributed by atoms with Gasteiger partial charge in [-0.1, -0.05) is 0 Å². The zero-order valence-electron chi connectivity index (χ0n) is 13.1. The minimum absolute atomic E-state index is 0.0117. The van der Waals surface area contributed by atoms with Crippen LogP contribution in [0.3, 0.4) is 0 Å². The van der Waals surface area contributed by atoms with Crippen LogP contribution in [0, 0.1) is 11.8 Å². The van der Waals surface area contributed by atoms with Crippen molar-refractivity contribution in [1.29, 1.82) is 0 Å². The lowest BCUT2D eigenvalue weighted by Crippen LogP contribution is -2.35. The number of fused-ring (bicyclic) bond motifs is 1. The Kier molecular flexibility index (Phi) is 3.91. The molecule has 3 heterocycles. The van der Waals surface area contributed by atoms with Crippen LogP contribution in [0.5, 0.6) is 0 Å². The van der Waals surface area contributed by atoms with Crippen molar-refractivity contribution < 1.29 is 13.9 Å². The third kappa shape index (κ3) is 3.32. The maximum absolute atomic E-state index is 12.7. The molecule has 0 N–H and O–H groups in total. The zero-order chi connectivity index (χ0) is 15.6. The first kappa shape index (κ1) is 14.5. The normalized spacial score (nSPS) is 21.0. The van der Waals surface area contributed by atoms with Crippen LogP contribution >= 0.6 is 0 Å². The van der Waals surface area contributed by atoms with Crippen molar-refractivity contribution in [1.82, 2.24) is 14.5 Å². The maximum Gasteiger partial charge on any atom is 0.257 e. The van der Waals surface area contributed by atoms with Gasteiger partial charge >= 0.3 is 0 Å². The molecular weight excluding hydrogens is 294 g/mol. The zero-order valence-corrected chi connectivity index (χ0v) is 13.1. The van der Waals surface area contributed by atoms with Gasteiger partial charge in [-0.25, -0.2) is 4.98 Å². The molecule has 1 aliphatic carbocycles.